The molecule has 3 heterocycles. The summed E-state index contributed by atoms with van der Waals surface area (Å²) in [7, 11) is 1.67. The van der Waals surface area contributed by atoms with Gasteiger partial charge >= 0.3 is 6.18 Å². The minimum absolute atomic E-state index is 0.202. The van der Waals surface area contributed by atoms with Gasteiger partial charge in [-0.1, -0.05) is 12.1 Å². The van der Waals surface area contributed by atoms with Crippen LogP contribution >= 0.6 is 11.3 Å². The van der Waals surface area contributed by atoms with Crippen LogP contribution in [0.1, 0.15) is 26.6 Å². The van der Waals surface area contributed by atoms with Crippen LogP contribution in [-0.2, 0) is 12.7 Å². The van der Waals surface area contributed by atoms with Crippen molar-refractivity contribution < 1.29 is 18.0 Å². The van der Waals surface area contributed by atoms with Crippen molar-refractivity contribution in [3.05, 3.63) is 70.6 Å². The fourth-order valence-corrected chi connectivity index (χ4v) is 4.02. The van der Waals surface area contributed by atoms with Gasteiger partial charge in [-0.2, -0.15) is 18.3 Å². The maximum Gasteiger partial charge on any atom is 0.417 e. The number of nitrogens with zero attached hydrogens (tertiary/aromatic N) is 5. The predicted molar refractivity (Wildman–Crippen MR) is 107 cm³/mol. The average Bonchev–Trinajstić information content (AvgIpc) is 3.29. The minimum atomic E-state index is -4.46. The van der Waals surface area contributed by atoms with Gasteiger partial charge in [-0.25, -0.2) is 14.6 Å². The predicted octanol–water partition coefficient (Wildman–Crippen LogP) is 4.48. The van der Waals surface area contributed by atoms with Crippen molar-refractivity contribution >= 4 is 27.5 Å². The van der Waals surface area contributed by atoms with Gasteiger partial charge in [0.25, 0.3) is 5.91 Å². The number of hydrogen-bond acceptors (Lipinski definition) is 5. The van der Waals surface area contributed by atoms with E-state index in [1.807, 2.05) is 24.3 Å². The Balaban J connectivity index is 1.54. The van der Waals surface area contributed by atoms with Gasteiger partial charge in [0.1, 0.15) is 5.01 Å². The minimum Gasteiger partial charge on any atom is -0.335 e. The van der Waals surface area contributed by atoms with Crippen LogP contribution in [0, 0.1) is 6.92 Å². The molecule has 1 amide bonds. The summed E-state index contributed by atoms with van der Waals surface area (Å²) in [5, 5.41) is 4.94. The number of para-hydroxylation sites is 1. The van der Waals surface area contributed by atoms with Gasteiger partial charge in [0.2, 0.25) is 0 Å². The number of amides is 1. The van der Waals surface area contributed by atoms with E-state index in [-0.39, 0.29) is 11.7 Å². The van der Waals surface area contributed by atoms with E-state index >= 15 is 0 Å². The number of carbonyl (C=O) groups excluding carboxylic acids is 1. The van der Waals surface area contributed by atoms with Gasteiger partial charge in [-0.15, -0.1) is 11.3 Å². The number of hydrogen-bond donors (Lipinski definition) is 0. The second-order valence-electron chi connectivity index (χ2n) is 6.69. The monoisotopic (exact) mass is 431 g/mol. The first kappa shape index (κ1) is 20.0. The van der Waals surface area contributed by atoms with Crippen molar-refractivity contribution in [3.63, 3.8) is 0 Å². The molecule has 154 valence electrons. The molecule has 0 radical (unpaired) electrons. The highest BCUT2D eigenvalue weighted by atomic mass is 32.1. The number of rotatable bonds is 4. The van der Waals surface area contributed by atoms with E-state index in [2.05, 4.69) is 15.1 Å². The number of pyridine rings is 1. The van der Waals surface area contributed by atoms with Crippen molar-refractivity contribution in [1.82, 2.24) is 24.6 Å². The highest BCUT2D eigenvalue weighted by Crippen LogP contribution is 2.29. The zero-order chi connectivity index (χ0) is 21.5. The maximum absolute atomic E-state index is 12.9. The summed E-state index contributed by atoms with van der Waals surface area (Å²) < 4.78 is 40.6. The lowest BCUT2D eigenvalue weighted by Gasteiger charge is -2.15. The Morgan fingerprint density at radius 2 is 1.93 bits per heavy atom. The Bertz CT molecular complexity index is 1180. The molecule has 0 bridgehead atoms. The molecule has 0 aliphatic heterocycles. The Hall–Kier alpha value is -3.27. The second kappa shape index (κ2) is 7.52. The Labute approximate surface area is 173 Å². The van der Waals surface area contributed by atoms with E-state index in [0.29, 0.717) is 17.8 Å². The van der Waals surface area contributed by atoms with Crippen LogP contribution in [0.2, 0.25) is 0 Å². The van der Waals surface area contributed by atoms with E-state index in [4.69, 9.17) is 0 Å². The van der Waals surface area contributed by atoms with Crippen LogP contribution in [-0.4, -0.2) is 37.6 Å². The number of fused-ring (bicyclic) bond motifs is 1. The molecule has 10 heteroatoms. The van der Waals surface area contributed by atoms with Gasteiger partial charge in [-0.05, 0) is 31.2 Å². The fraction of sp³-hybridized carbons (Fsp3) is 0.200. The molecule has 0 N–H and O–H groups in total. The van der Waals surface area contributed by atoms with Gasteiger partial charge in [0.15, 0.2) is 5.82 Å². The molecule has 0 atom stereocenters. The zero-order valence-corrected chi connectivity index (χ0v) is 16.8. The summed E-state index contributed by atoms with van der Waals surface area (Å²) in [5.41, 5.74) is 0.877. The van der Waals surface area contributed by atoms with Crippen LogP contribution in [0.15, 0.2) is 48.8 Å². The molecule has 1 aromatic carbocycles. The Kier molecular flexibility index (Phi) is 5.02. The van der Waals surface area contributed by atoms with Crippen LogP contribution in [0.3, 0.4) is 0 Å². The third kappa shape index (κ3) is 3.78. The summed E-state index contributed by atoms with van der Waals surface area (Å²) >= 11 is 1.52. The highest BCUT2D eigenvalue weighted by molar-refractivity contribution is 7.18. The normalized spacial score (nSPS) is 11.8. The third-order valence-corrected chi connectivity index (χ3v) is 5.61. The summed E-state index contributed by atoms with van der Waals surface area (Å²) in [4.78, 5) is 22.8. The topological polar surface area (TPSA) is 63.9 Å². The lowest BCUT2D eigenvalue weighted by Crippen LogP contribution is -2.26. The second-order valence-corrected chi connectivity index (χ2v) is 7.81. The molecular weight excluding hydrogens is 415 g/mol. The Morgan fingerprint density at radius 3 is 2.60 bits per heavy atom. The van der Waals surface area contributed by atoms with Crippen LogP contribution in [0.4, 0.5) is 13.2 Å². The van der Waals surface area contributed by atoms with Gasteiger partial charge in [-0.3, -0.25) is 4.79 Å². The lowest BCUT2D eigenvalue weighted by atomic mass is 10.2. The van der Waals surface area contributed by atoms with Crippen LogP contribution in [0.5, 0.6) is 0 Å². The molecule has 3 aromatic heterocycles. The molecule has 0 fully saturated rings. The number of thiazole rings is 1. The van der Waals surface area contributed by atoms with E-state index in [1.54, 1.807) is 14.0 Å². The van der Waals surface area contributed by atoms with E-state index in [0.717, 1.165) is 27.5 Å². The number of halogens is 3. The molecule has 30 heavy (non-hydrogen) atoms. The van der Waals surface area contributed by atoms with Crippen LogP contribution < -0.4 is 0 Å². The first-order valence-corrected chi connectivity index (χ1v) is 9.74. The standard InChI is InChI=1S/C20H16F3N5OS/c1-12-14(10-25-28(12)17-8-7-13(9-24-17)20(21,22)23)19(29)27(2)11-18-26-15-5-3-4-6-16(15)30-18/h3-10H,11H2,1-2H3. The Morgan fingerprint density at radius 1 is 1.17 bits per heavy atom. The first-order valence-electron chi connectivity index (χ1n) is 8.92. The van der Waals surface area contributed by atoms with Gasteiger partial charge in [0, 0.05) is 13.2 Å². The quantitative estimate of drug-likeness (QED) is 0.478. The van der Waals surface area contributed by atoms with Gasteiger partial charge < -0.3 is 4.90 Å². The lowest BCUT2D eigenvalue weighted by molar-refractivity contribution is -0.137. The number of aromatic nitrogens is 4. The molecule has 0 aliphatic rings. The fourth-order valence-electron chi connectivity index (χ4n) is 3.00. The largest absolute Gasteiger partial charge is 0.417 e. The van der Waals surface area contributed by atoms with Crippen molar-refractivity contribution in [1.29, 1.82) is 0 Å². The number of benzene rings is 1. The molecular formula is C20H16F3N5OS. The molecule has 0 spiro atoms. The zero-order valence-electron chi connectivity index (χ0n) is 16.0. The number of carbonyl (C=O) groups is 1. The van der Waals surface area contributed by atoms with Crippen LogP contribution in [0.25, 0.3) is 16.0 Å². The van der Waals surface area contributed by atoms with Crippen molar-refractivity contribution in [2.24, 2.45) is 0 Å². The summed E-state index contributed by atoms with van der Waals surface area (Å²) in [5.74, 6) is -0.0571. The third-order valence-electron chi connectivity index (χ3n) is 4.59. The van der Waals surface area contributed by atoms with Crippen molar-refractivity contribution in [2.75, 3.05) is 7.05 Å². The molecule has 0 saturated heterocycles. The molecule has 4 aromatic rings. The SMILES string of the molecule is Cc1c(C(=O)N(C)Cc2nc3ccccc3s2)cnn1-c1ccc(C(F)(F)F)cn1. The molecule has 6 nitrogen and oxygen atoms in total. The molecule has 0 saturated carbocycles. The smallest absolute Gasteiger partial charge is 0.335 e. The van der Waals surface area contributed by atoms with E-state index < -0.39 is 11.7 Å². The summed E-state index contributed by atoms with van der Waals surface area (Å²) in [6, 6.07) is 9.90. The molecule has 4 rings (SSSR count). The molecule has 0 aliphatic carbocycles. The summed E-state index contributed by atoms with van der Waals surface area (Å²) in [6.45, 7) is 2.01. The van der Waals surface area contributed by atoms with E-state index in [9.17, 15) is 18.0 Å². The maximum atomic E-state index is 12.9. The first-order chi connectivity index (χ1) is 14.2. The average molecular weight is 431 g/mol. The van der Waals surface area contributed by atoms with Crippen molar-refractivity contribution in [2.45, 2.75) is 19.6 Å². The highest BCUT2D eigenvalue weighted by Gasteiger charge is 2.31. The van der Waals surface area contributed by atoms with Crippen molar-refractivity contribution in [3.8, 4) is 5.82 Å². The molecule has 0 unspecified atom stereocenters. The van der Waals surface area contributed by atoms with Gasteiger partial charge in [0.05, 0.1) is 39.8 Å². The number of alkyl halides is 3. The summed E-state index contributed by atoms with van der Waals surface area (Å²) in [6.07, 6.45) is -2.32. The van der Waals surface area contributed by atoms with E-state index in [1.165, 1.54) is 33.2 Å².